The first-order valence-corrected chi connectivity index (χ1v) is 32.3. The van der Waals surface area contributed by atoms with Crippen LogP contribution in [0.1, 0.15) is 114 Å². The number of para-hydroxylation sites is 2. The number of benzene rings is 6. The highest BCUT2D eigenvalue weighted by atomic mass is 32.2. The van der Waals surface area contributed by atoms with Crippen molar-refractivity contribution in [3.8, 4) is 5.75 Å². The first-order valence-electron chi connectivity index (χ1n) is 29.1. The molecule has 5 N–H and O–H groups in total. The number of amides is 1. The van der Waals surface area contributed by atoms with Crippen molar-refractivity contribution in [2.24, 2.45) is 0 Å². The van der Waals surface area contributed by atoms with Crippen molar-refractivity contribution in [2.45, 2.75) is 116 Å². The van der Waals surface area contributed by atoms with E-state index in [1.54, 1.807) is 6.92 Å². The van der Waals surface area contributed by atoms with Crippen molar-refractivity contribution >= 4 is 64.8 Å². The van der Waals surface area contributed by atoms with Gasteiger partial charge in [0.2, 0.25) is 11.6 Å². The second kappa shape index (κ2) is 26.3. The lowest BCUT2D eigenvalue weighted by atomic mass is 9.81. The molecular formula is C68H80N5O8S2+. The smallest absolute Gasteiger partial charge is 0.264 e. The number of rotatable bonds is 26. The molecule has 3 aliphatic rings. The number of ether oxygens (including phenoxy) is 1. The van der Waals surface area contributed by atoms with Gasteiger partial charge in [-0.15, -0.1) is 0 Å². The molecule has 13 nitrogen and oxygen atoms in total. The molecule has 0 unspecified atom stereocenters. The third-order valence-electron chi connectivity index (χ3n) is 16.5. The van der Waals surface area contributed by atoms with Gasteiger partial charge in [0.1, 0.15) is 18.1 Å². The summed E-state index contributed by atoms with van der Waals surface area (Å²) in [6.07, 6.45) is 13.9. The second-order valence-corrected chi connectivity index (χ2v) is 26.4. The second-order valence-electron chi connectivity index (χ2n) is 23.2. The predicted molar refractivity (Wildman–Crippen MR) is 337 cm³/mol. The zero-order valence-corrected chi connectivity index (χ0v) is 50.3. The lowest BCUT2D eigenvalue weighted by Crippen LogP contribution is -2.28. The maximum Gasteiger partial charge on any atom is 0.264 e. The van der Waals surface area contributed by atoms with Crippen molar-refractivity contribution < 1.29 is 40.0 Å². The Balaban J connectivity index is 0.997. The largest absolute Gasteiger partial charge is 0.457 e. The molecule has 6 aromatic rings. The van der Waals surface area contributed by atoms with Crippen LogP contribution in [0.2, 0.25) is 0 Å². The summed E-state index contributed by atoms with van der Waals surface area (Å²) < 4.78 is 75.1. The Bertz CT molecular complexity index is 3740. The molecule has 0 saturated heterocycles. The van der Waals surface area contributed by atoms with Gasteiger partial charge in [0.05, 0.1) is 16.9 Å². The first kappa shape index (κ1) is 60.6. The quantitative estimate of drug-likeness (QED) is 0.0115. The number of carbonyl (C=O) groups is 1. The number of hydrogen-bond acceptors (Lipinski definition) is 9. The van der Waals surface area contributed by atoms with E-state index in [1.807, 2.05) is 24.3 Å². The minimum absolute atomic E-state index is 0.114. The molecule has 0 aromatic heterocycles. The predicted octanol–water partition coefficient (Wildman–Crippen LogP) is 12.8. The van der Waals surface area contributed by atoms with Gasteiger partial charge < -0.3 is 25.6 Å². The topological polar surface area (TPSA) is 177 Å². The van der Waals surface area contributed by atoms with E-state index >= 15 is 0 Å². The van der Waals surface area contributed by atoms with Crippen LogP contribution in [0.5, 0.6) is 5.75 Å². The molecule has 15 heteroatoms. The maximum atomic E-state index is 12.0. The molecule has 9 rings (SSSR count). The van der Waals surface area contributed by atoms with Crippen LogP contribution in [0.25, 0.3) is 21.5 Å². The summed E-state index contributed by atoms with van der Waals surface area (Å²) in [6, 6.07) is 42.3. The standard InChI is InChI=1S/C68H79N5O8S2/c1-48(2)66(74)71-40-20-39-69-46-57-53-23-7-9-25-55(53)58(56-26-10-8-24-54(56)57)47-70-45-49-31-35-52(36-32-49)81-65-50(33-37-63-67(3,4)59-27-11-13-29-61(59)72(63)41-15-17-43-82(75,76)77)21-19-22-51(65)34-38-64-68(5,6)60-28-12-14-30-62(60)73(64)42-16-18-44-83(78,79)80/h7-14,23-38,69-70H,1,15-22,39-47H2,2-6H3,(H2-,71,74,75,76,77,78,79,80)/p+1. The summed E-state index contributed by atoms with van der Waals surface area (Å²) in [5.74, 6) is 0.823. The molecule has 1 aliphatic carbocycles. The van der Waals surface area contributed by atoms with E-state index in [1.165, 1.54) is 43.8 Å². The van der Waals surface area contributed by atoms with Crippen LogP contribution < -0.4 is 25.6 Å². The van der Waals surface area contributed by atoms with E-state index in [4.69, 9.17) is 4.74 Å². The molecule has 0 spiro atoms. The van der Waals surface area contributed by atoms with Crippen molar-refractivity contribution in [3.63, 3.8) is 0 Å². The van der Waals surface area contributed by atoms with Crippen LogP contribution in [-0.4, -0.2) is 79.8 Å². The summed E-state index contributed by atoms with van der Waals surface area (Å²) >= 11 is 0. The van der Waals surface area contributed by atoms with Gasteiger partial charge >= 0.3 is 0 Å². The average molecular weight is 1160 g/mol. The summed E-state index contributed by atoms with van der Waals surface area (Å²) in [7, 11) is -8.15. The van der Waals surface area contributed by atoms with Gasteiger partial charge in [0.25, 0.3) is 20.2 Å². The van der Waals surface area contributed by atoms with Gasteiger partial charge in [-0.1, -0.05) is 124 Å². The number of hydrogen-bond donors (Lipinski definition) is 5. The molecule has 0 saturated carbocycles. The third kappa shape index (κ3) is 14.5. The van der Waals surface area contributed by atoms with Crippen LogP contribution in [0.3, 0.4) is 0 Å². The molecule has 2 heterocycles. The van der Waals surface area contributed by atoms with Crippen molar-refractivity contribution in [3.05, 3.63) is 208 Å². The SMILES string of the molecule is C=C(C)C(=O)NCCCNCc1c2ccccc2c(CNCc2ccc(OC3=C(/C=C/C4=[N+](CCCCS(=O)(=O)O)c5ccccc5C4(C)C)CCC/C3=C\C=C3\N(CCCCS(=O)(=O)O)c4ccccc4C3(C)C)cc2)c2ccccc12. The number of fused-ring (bicyclic) bond motifs is 4. The number of anilines is 1. The first-order chi connectivity index (χ1) is 39.7. The van der Waals surface area contributed by atoms with Gasteiger partial charge in [-0.25, -0.2) is 0 Å². The molecule has 1 amide bonds. The zero-order chi connectivity index (χ0) is 58.9. The Labute approximate surface area is 491 Å². The lowest BCUT2D eigenvalue weighted by molar-refractivity contribution is -0.438. The van der Waals surface area contributed by atoms with Crippen molar-refractivity contribution in [1.29, 1.82) is 0 Å². The summed E-state index contributed by atoms with van der Waals surface area (Å²) in [5, 5.41) is 15.2. The minimum Gasteiger partial charge on any atom is -0.457 e. The lowest BCUT2D eigenvalue weighted by Gasteiger charge is -2.27. The van der Waals surface area contributed by atoms with E-state index < -0.39 is 20.2 Å². The Kier molecular flexibility index (Phi) is 19.2. The van der Waals surface area contributed by atoms with Gasteiger partial charge in [-0.3, -0.25) is 13.9 Å². The highest BCUT2D eigenvalue weighted by molar-refractivity contribution is 7.86. The molecule has 0 atom stereocenters. The number of unbranched alkanes of at least 4 members (excludes halogenated alkanes) is 2. The van der Waals surface area contributed by atoms with E-state index in [9.17, 15) is 30.7 Å². The van der Waals surface area contributed by atoms with Gasteiger partial charge in [0.15, 0.2) is 5.71 Å². The average Bonchev–Trinajstić information content (AvgIpc) is 2.65. The fourth-order valence-corrected chi connectivity index (χ4v) is 13.3. The Morgan fingerprint density at radius 3 is 1.89 bits per heavy atom. The van der Waals surface area contributed by atoms with Gasteiger partial charge in [-0.2, -0.15) is 21.4 Å². The number of nitrogens with one attached hydrogen (secondary N) is 3. The third-order valence-corrected chi connectivity index (χ3v) is 18.1. The van der Waals surface area contributed by atoms with E-state index in [0.29, 0.717) is 76.3 Å². The van der Waals surface area contributed by atoms with Gasteiger partial charge in [-0.05, 0) is 158 Å². The Hall–Kier alpha value is -6.98. The monoisotopic (exact) mass is 1160 g/mol. The van der Waals surface area contributed by atoms with Crippen LogP contribution in [0, 0.1) is 0 Å². The molecule has 2 aliphatic heterocycles. The molecule has 436 valence electrons. The molecule has 83 heavy (non-hydrogen) atoms. The fourth-order valence-electron chi connectivity index (χ4n) is 12.2. The highest BCUT2D eigenvalue weighted by Gasteiger charge is 2.44. The Morgan fingerprint density at radius 1 is 0.663 bits per heavy atom. The minimum atomic E-state index is -4.08. The van der Waals surface area contributed by atoms with Crippen LogP contribution in [0.4, 0.5) is 11.4 Å². The fraction of sp³-hybridized carbons (Fsp3) is 0.353. The van der Waals surface area contributed by atoms with Crippen LogP contribution >= 0.6 is 0 Å². The molecule has 0 radical (unpaired) electrons. The van der Waals surface area contributed by atoms with Crippen molar-refractivity contribution in [1.82, 2.24) is 16.0 Å². The zero-order valence-electron chi connectivity index (χ0n) is 48.6. The summed E-state index contributed by atoms with van der Waals surface area (Å²) in [6.45, 7) is 18.8. The Morgan fingerprint density at radius 2 is 1.25 bits per heavy atom. The molecular weight excluding hydrogens is 1080 g/mol. The maximum absolute atomic E-state index is 12.0. The van der Waals surface area contributed by atoms with Crippen LogP contribution in [0.15, 0.2) is 180 Å². The van der Waals surface area contributed by atoms with Gasteiger partial charge in [0, 0.05) is 79.2 Å². The molecule has 0 fully saturated rings. The van der Waals surface area contributed by atoms with E-state index in [0.717, 1.165) is 77.5 Å². The summed E-state index contributed by atoms with van der Waals surface area (Å²) in [4.78, 5) is 14.3. The van der Waals surface area contributed by atoms with Crippen molar-refractivity contribution in [2.75, 3.05) is 42.6 Å². The molecule has 0 bridgehead atoms. The number of nitrogens with zero attached hydrogens (tertiary/aromatic N) is 2. The number of allylic oxidation sites excluding steroid dienone is 7. The number of carbonyl (C=O) groups excluding carboxylic acids is 1. The van der Waals surface area contributed by atoms with E-state index in [2.05, 4.69) is 181 Å². The highest BCUT2D eigenvalue weighted by Crippen LogP contribution is 2.48. The van der Waals surface area contributed by atoms with Crippen LogP contribution in [-0.2, 0) is 55.5 Å². The summed E-state index contributed by atoms with van der Waals surface area (Å²) in [5.41, 5.74) is 12.2. The normalized spacial score (nSPS) is 16.9. The molecule has 6 aromatic carbocycles. The van der Waals surface area contributed by atoms with E-state index in [-0.39, 0.29) is 28.2 Å².